The van der Waals surface area contributed by atoms with E-state index in [1.165, 1.54) is 6.20 Å². The summed E-state index contributed by atoms with van der Waals surface area (Å²) in [7, 11) is 0. The third kappa shape index (κ3) is 2.49. The number of hydrogen-bond donors (Lipinski definition) is 0. The molecule has 1 fully saturated rings. The molecule has 114 valence electrons. The van der Waals surface area contributed by atoms with Gasteiger partial charge < -0.3 is 9.47 Å². The maximum absolute atomic E-state index is 9.34. The van der Waals surface area contributed by atoms with Crippen LogP contribution in [0.5, 0.6) is 6.01 Å². The fraction of sp³-hybridized carbons (Fsp3) is 0.250. The minimum absolute atomic E-state index is 0.0460. The van der Waals surface area contributed by atoms with Crippen LogP contribution >= 0.6 is 0 Å². The number of fused-ring (bicyclic) bond motifs is 1. The number of nitriles is 1. The predicted molar refractivity (Wildman–Crippen MR) is 81.2 cm³/mol. The lowest BCUT2D eigenvalue weighted by molar-refractivity contribution is 0.134. The molecule has 3 aromatic rings. The van der Waals surface area contributed by atoms with E-state index in [1.54, 1.807) is 10.9 Å². The van der Waals surface area contributed by atoms with Gasteiger partial charge in [-0.2, -0.15) is 10.2 Å². The van der Waals surface area contributed by atoms with Crippen molar-refractivity contribution in [3.63, 3.8) is 0 Å². The van der Waals surface area contributed by atoms with E-state index < -0.39 is 0 Å². The van der Waals surface area contributed by atoms with Crippen molar-refractivity contribution >= 4 is 11.0 Å². The molecule has 0 spiro atoms. The Morgan fingerprint density at radius 3 is 3.04 bits per heavy atom. The lowest BCUT2D eigenvalue weighted by Gasteiger charge is -2.11. The van der Waals surface area contributed by atoms with E-state index in [-0.39, 0.29) is 12.1 Å². The molecule has 0 amide bonds. The van der Waals surface area contributed by atoms with Crippen LogP contribution in [0.1, 0.15) is 12.0 Å². The van der Waals surface area contributed by atoms with Crippen molar-refractivity contribution in [2.75, 3.05) is 13.2 Å². The van der Waals surface area contributed by atoms with Crippen LogP contribution < -0.4 is 4.74 Å². The molecule has 23 heavy (non-hydrogen) atoms. The largest absolute Gasteiger partial charge is 0.458 e. The number of aromatic nitrogens is 4. The Kier molecular flexibility index (Phi) is 3.37. The van der Waals surface area contributed by atoms with Crippen LogP contribution in [0, 0.1) is 11.3 Å². The van der Waals surface area contributed by atoms with Crippen LogP contribution in [0.2, 0.25) is 0 Å². The Morgan fingerprint density at radius 1 is 1.30 bits per heavy atom. The summed E-state index contributed by atoms with van der Waals surface area (Å²) in [5.74, 6) is 0.463. The zero-order valence-electron chi connectivity index (χ0n) is 12.2. The van der Waals surface area contributed by atoms with Gasteiger partial charge in [-0.1, -0.05) is 12.1 Å². The zero-order valence-corrected chi connectivity index (χ0v) is 12.2. The molecule has 3 heterocycles. The summed E-state index contributed by atoms with van der Waals surface area (Å²) < 4.78 is 12.8. The first kappa shape index (κ1) is 13.7. The first-order chi connectivity index (χ1) is 11.3. The highest BCUT2D eigenvalue weighted by atomic mass is 16.6. The summed E-state index contributed by atoms with van der Waals surface area (Å²) in [4.78, 5) is 12.9. The fourth-order valence-electron chi connectivity index (χ4n) is 2.56. The second kappa shape index (κ2) is 5.66. The van der Waals surface area contributed by atoms with Gasteiger partial charge in [0.1, 0.15) is 24.1 Å². The number of nitrogens with zero attached hydrogens (tertiary/aromatic N) is 5. The minimum Gasteiger partial charge on any atom is -0.458 e. The molecule has 1 unspecified atom stereocenters. The monoisotopic (exact) mass is 307 g/mol. The molecule has 0 N–H and O–H groups in total. The number of rotatable bonds is 3. The number of hydrogen-bond acceptors (Lipinski definition) is 6. The summed E-state index contributed by atoms with van der Waals surface area (Å²) in [6, 6.07) is 10.0. The predicted octanol–water partition coefficient (Wildman–Crippen LogP) is 1.85. The summed E-state index contributed by atoms with van der Waals surface area (Å²) in [5.41, 5.74) is 2.07. The Bertz CT molecular complexity index is 893. The van der Waals surface area contributed by atoms with E-state index in [0.29, 0.717) is 24.6 Å². The molecule has 1 saturated heterocycles. The lowest BCUT2D eigenvalue weighted by atomic mass is 10.3. The minimum atomic E-state index is -0.0460. The summed E-state index contributed by atoms with van der Waals surface area (Å²) in [5, 5.41) is 9.34. The third-order valence-corrected chi connectivity index (χ3v) is 3.71. The number of benzene rings is 1. The van der Waals surface area contributed by atoms with Crippen LogP contribution in [-0.2, 0) is 4.74 Å². The van der Waals surface area contributed by atoms with Gasteiger partial charge in [-0.05, 0) is 12.1 Å². The highest BCUT2D eigenvalue weighted by Gasteiger charge is 2.20. The average molecular weight is 307 g/mol. The van der Waals surface area contributed by atoms with Crippen LogP contribution in [0.25, 0.3) is 16.9 Å². The van der Waals surface area contributed by atoms with E-state index in [4.69, 9.17) is 9.47 Å². The van der Waals surface area contributed by atoms with Gasteiger partial charge >= 0.3 is 6.01 Å². The van der Waals surface area contributed by atoms with Crippen molar-refractivity contribution < 1.29 is 9.47 Å². The standard InChI is InChI=1S/C16H13N5O2/c17-7-11-8-18-16(23-12-5-6-22-9-12)20-15(11)21-10-19-13-3-1-2-4-14(13)21/h1-4,8,10,12H,5-6,9H2. The topological polar surface area (TPSA) is 85.9 Å². The Balaban J connectivity index is 1.78. The van der Waals surface area contributed by atoms with E-state index in [1.807, 2.05) is 24.3 Å². The van der Waals surface area contributed by atoms with E-state index >= 15 is 0 Å². The first-order valence-corrected chi connectivity index (χ1v) is 7.29. The van der Waals surface area contributed by atoms with Crippen molar-refractivity contribution in [1.29, 1.82) is 5.26 Å². The number of imidazole rings is 1. The average Bonchev–Trinajstić information content (AvgIpc) is 3.24. The molecule has 1 atom stereocenters. The Labute approximate surface area is 132 Å². The molecular formula is C16H13N5O2. The Morgan fingerprint density at radius 2 is 2.22 bits per heavy atom. The van der Waals surface area contributed by atoms with Gasteiger partial charge in [0.25, 0.3) is 0 Å². The van der Waals surface area contributed by atoms with Gasteiger partial charge in [-0.25, -0.2) is 9.97 Å². The van der Waals surface area contributed by atoms with Crippen LogP contribution in [-0.4, -0.2) is 38.8 Å². The SMILES string of the molecule is N#Cc1cnc(OC2CCOC2)nc1-n1cnc2ccccc21. The molecule has 0 aliphatic carbocycles. The van der Waals surface area contributed by atoms with Crippen LogP contribution in [0.4, 0.5) is 0 Å². The summed E-state index contributed by atoms with van der Waals surface area (Å²) in [6.45, 7) is 1.21. The van der Waals surface area contributed by atoms with Gasteiger partial charge in [-0.3, -0.25) is 4.57 Å². The molecule has 1 aliphatic heterocycles. The van der Waals surface area contributed by atoms with Gasteiger partial charge in [0.2, 0.25) is 0 Å². The highest BCUT2D eigenvalue weighted by molar-refractivity contribution is 5.77. The summed E-state index contributed by atoms with van der Waals surface area (Å²) >= 11 is 0. The second-order valence-electron chi connectivity index (χ2n) is 5.21. The molecule has 7 heteroatoms. The molecule has 2 aromatic heterocycles. The molecule has 1 aromatic carbocycles. The van der Waals surface area contributed by atoms with E-state index in [2.05, 4.69) is 21.0 Å². The fourth-order valence-corrected chi connectivity index (χ4v) is 2.56. The molecule has 7 nitrogen and oxygen atoms in total. The van der Waals surface area contributed by atoms with Crippen molar-refractivity contribution in [2.24, 2.45) is 0 Å². The maximum Gasteiger partial charge on any atom is 0.318 e. The maximum atomic E-state index is 9.34. The van der Waals surface area contributed by atoms with Crippen LogP contribution in [0.15, 0.2) is 36.8 Å². The van der Waals surface area contributed by atoms with Gasteiger partial charge in [-0.15, -0.1) is 0 Å². The second-order valence-corrected chi connectivity index (χ2v) is 5.21. The highest BCUT2D eigenvalue weighted by Crippen LogP contribution is 2.21. The smallest absolute Gasteiger partial charge is 0.318 e. The number of ether oxygens (including phenoxy) is 2. The molecule has 0 bridgehead atoms. The van der Waals surface area contributed by atoms with Crippen molar-refractivity contribution in [2.45, 2.75) is 12.5 Å². The quantitative estimate of drug-likeness (QED) is 0.734. The molecule has 4 rings (SSSR count). The van der Waals surface area contributed by atoms with Crippen molar-refractivity contribution in [3.05, 3.63) is 42.4 Å². The van der Waals surface area contributed by atoms with Gasteiger partial charge in [0, 0.05) is 6.42 Å². The van der Waals surface area contributed by atoms with Gasteiger partial charge in [0.15, 0.2) is 5.82 Å². The molecular weight excluding hydrogens is 294 g/mol. The molecule has 1 aliphatic rings. The van der Waals surface area contributed by atoms with Crippen LogP contribution in [0.3, 0.4) is 0 Å². The van der Waals surface area contributed by atoms with E-state index in [0.717, 1.165) is 17.5 Å². The van der Waals surface area contributed by atoms with E-state index in [9.17, 15) is 5.26 Å². The third-order valence-electron chi connectivity index (χ3n) is 3.71. The van der Waals surface area contributed by atoms with Crippen molar-refractivity contribution in [3.8, 4) is 17.9 Å². The first-order valence-electron chi connectivity index (χ1n) is 7.29. The number of para-hydroxylation sites is 2. The zero-order chi connectivity index (χ0) is 15.6. The molecule has 0 radical (unpaired) electrons. The van der Waals surface area contributed by atoms with Crippen molar-refractivity contribution in [1.82, 2.24) is 19.5 Å². The van der Waals surface area contributed by atoms with Gasteiger partial charge in [0.05, 0.1) is 30.4 Å². The lowest BCUT2D eigenvalue weighted by Crippen LogP contribution is -2.18. The Hall–Kier alpha value is -2.98. The normalized spacial score (nSPS) is 17.3. The molecule has 0 saturated carbocycles. The summed E-state index contributed by atoms with van der Waals surface area (Å²) in [6.07, 6.45) is 3.89.